The van der Waals surface area contributed by atoms with E-state index in [-0.39, 0.29) is 17.8 Å². The fourth-order valence-electron chi connectivity index (χ4n) is 1.84. The van der Waals surface area contributed by atoms with Gasteiger partial charge in [0, 0.05) is 28.3 Å². The molecule has 2 heterocycles. The molecule has 1 amide bonds. The molecule has 8 heteroatoms. The molecule has 0 saturated carbocycles. The highest BCUT2D eigenvalue weighted by atomic mass is 35.5. The number of hydrogen-bond acceptors (Lipinski definition) is 6. The van der Waals surface area contributed by atoms with E-state index in [0.29, 0.717) is 22.9 Å². The molecule has 3 aromatic rings. The number of rotatable bonds is 6. The van der Waals surface area contributed by atoms with Crippen molar-refractivity contribution in [3.63, 3.8) is 0 Å². The minimum Gasteiger partial charge on any atom is -0.401 e. The molecule has 0 saturated heterocycles. The average molecular weight is 361 g/mol. The highest BCUT2D eigenvalue weighted by Gasteiger charge is 2.11. The lowest BCUT2D eigenvalue weighted by Crippen LogP contribution is -2.12. The first-order valence-electron chi connectivity index (χ1n) is 7.14. The SMILES string of the molecule is O=C(CCSc1ccc(Cl)cc1)Nc1nnc(-c2ccccn2)o1. The summed E-state index contributed by atoms with van der Waals surface area (Å²) in [5, 5.41) is 10.9. The van der Waals surface area contributed by atoms with Gasteiger partial charge in [0.25, 0.3) is 5.89 Å². The molecule has 24 heavy (non-hydrogen) atoms. The molecule has 2 aromatic heterocycles. The number of carbonyl (C=O) groups is 1. The highest BCUT2D eigenvalue weighted by molar-refractivity contribution is 7.99. The number of carbonyl (C=O) groups excluding carboxylic acids is 1. The second-order valence-electron chi connectivity index (χ2n) is 4.73. The van der Waals surface area contributed by atoms with Gasteiger partial charge in [-0.05, 0) is 36.4 Å². The lowest BCUT2D eigenvalue weighted by molar-refractivity contribution is -0.115. The van der Waals surface area contributed by atoms with E-state index in [1.165, 1.54) is 0 Å². The smallest absolute Gasteiger partial charge is 0.322 e. The number of aromatic nitrogens is 3. The predicted molar refractivity (Wildman–Crippen MR) is 93.0 cm³/mol. The molecule has 0 spiro atoms. The third kappa shape index (κ3) is 4.56. The fourth-order valence-corrected chi connectivity index (χ4v) is 2.82. The second-order valence-corrected chi connectivity index (χ2v) is 6.33. The first-order chi connectivity index (χ1) is 11.7. The van der Waals surface area contributed by atoms with Crippen molar-refractivity contribution in [3.8, 4) is 11.6 Å². The Bertz CT molecular complexity index is 808. The van der Waals surface area contributed by atoms with Crippen LogP contribution in [-0.2, 0) is 4.79 Å². The number of thioether (sulfide) groups is 1. The third-order valence-corrected chi connectivity index (χ3v) is 4.23. The van der Waals surface area contributed by atoms with Crippen LogP contribution in [-0.4, -0.2) is 26.8 Å². The summed E-state index contributed by atoms with van der Waals surface area (Å²) in [5.74, 6) is 0.712. The fraction of sp³-hybridized carbons (Fsp3) is 0.125. The minimum atomic E-state index is -0.187. The summed E-state index contributed by atoms with van der Waals surface area (Å²) in [7, 11) is 0. The van der Waals surface area contributed by atoms with E-state index < -0.39 is 0 Å². The topological polar surface area (TPSA) is 80.9 Å². The van der Waals surface area contributed by atoms with Crippen molar-refractivity contribution in [3.05, 3.63) is 53.7 Å². The molecule has 6 nitrogen and oxygen atoms in total. The van der Waals surface area contributed by atoms with E-state index in [4.69, 9.17) is 16.0 Å². The summed E-state index contributed by atoms with van der Waals surface area (Å²) in [6, 6.07) is 12.9. The molecule has 0 aliphatic carbocycles. The summed E-state index contributed by atoms with van der Waals surface area (Å²) in [6.07, 6.45) is 1.96. The second kappa shape index (κ2) is 7.94. The van der Waals surface area contributed by atoms with Crippen LogP contribution in [0.1, 0.15) is 6.42 Å². The van der Waals surface area contributed by atoms with Crippen molar-refractivity contribution >= 4 is 35.3 Å². The molecule has 3 rings (SSSR count). The van der Waals surface area contributed by atoms with Gasteiger partial charge in [-0.3, -0.25) is 15.1 Å². The largest absolute Gasteiger partial charge is 0.401 e. The third-order valence-electron chi connectivity index (χ3n) is 2.97. The van der Waals surface area contributed by atoms with Crippen molar-refractivity contribution in [2.45, 2.75) is 11.3 Å². The number of anilines is 1. The van der Waals surface area contributed by atoms with Gasteiger partial charge in [0.15, 0.2) is 0 Å². The van der Waals surface area contributed by atoms with Crippen molar-refractivity contribution < 1.29 is 9.21 Å². The van der Waals surface area contributed by atoms with Gasteiger partial charge in [0.1, 0.15) is 5.69 Å². The van der Waals surface area contributed by atoms with E-state index in [1.54, 1.807) is 30.1 Å². The van der Waals surface area contributed by atoms with E-state index in [1.807, 2.05) is 30.3 Å². The summed E-state index contributed by atoms with van der Waals surface area (Å²) >= 11 is 7.41. The number of benzene rings is 1. The van der Waals surface area contributed by atoms with Crippen LogP contribution in [0.15, 0.2) is 58.0 Å². The van der Waals surface area contributed by atoms with Gasteiger partial charge in [-0.15, -0.1) is 16.9 Å². The van der Waals surface area contributed by atoms with Gasteiger partial charge in [0.2, 0.25) is 5.91 Å². The van der Waals surface area contributed by atoms with Gasteiger partial charge < -0.3 is 4.42 Å². The molecule has 0 radical (unpaired) electrons. The van der Waals surface area contributed by atoms with Crippen LogP contribution < -0.4 is 5.32 Å². The van der Waals surface area contributed by atoms with Crippen LogP contribution in [0.3, 0.4) is 0 Å². The Morgan fingerprint density at radius 1 is 1.17 bits per heavy atom. The summed E-state index contributed by atoms with van der Waals surface area (Å²) in [6.45, 7) is 0. The average Bonchev–Trinajstić information content (AvgIpc) is 3.06. The molecular formula is C16H13ClN4O2S. The maximum absolute atomic E-state index is 11.9. The zero-order chi connectivity index (χ0) is 16.8. The molecule has 0 atom stereocenters. The minimum absolute atomic E-state index is 0.0668. The van der Waals surface area contributed by atoms with E-state index in [0.717, 1.165) is 4.90 Å². The molecule has 0 aliphatic rings. The van der Waals surface area contributed by atoms with Crippen LogP contribution in [0.5, 0.6) is 0 Å². The lowest BCUT2D eigenvalue weighted by Gasteiger charge is -2.02. The molecule has 0 unspecified atom stereocenters. The lowest BCUT2D eigenvalue weighted by atomic mass is 10.3. The predicted octanol–water partition coefficient (Wildman–Crippen LogP) is 3.91. The van der Waals surface area contributed by atoms with Crippen molar-refractivity contribution in [2.75, 3.05) is 11.1 Å². The standard InChI is InChI=1S/C16H13ClN4O2S/c17-11-4-6-12(7-5-11)24-10-8-14(22)19-16-21-20-15(23-16)13-3-1-2-9-18-13/h1-7,9H,8,10H2,(H,19,21,22). The quantitative estimate of drug-likeness (QED) is 0.671. The Balaban J connectivity index is 1.48. The molecular weight excluding hydrogens is 348 g/mol. The normalized spacial score (nSPS) is 10.5. The first-order valence-corrected chi connectivity index (χ1v) is 8.50. The Hall–Kier alpha value is -2.38. The molecule has 1 N–H and O–H groups in total. The number of halogens is 1. The van der Waals surface area contributed by atoms with Gasteiger partial charge in [-0.25, -0.2) is 0 Å². The molecule has 0 bridgehead atoms. The van der Waals surface area contributed by atoms with Crippen LogP contribution in [0.25, 0.3) is 11.6 Å². The molecule has 0 fully saturated rings. The Labute approximate surface area is 147 Å². The summed E-state index contributed by atoms with van der Waals surface area (Å²) < 4.78 is 5.38. The maximum atomic E-state index is 11.9. The van der Waals surface area contributed by atoms with Crippen LogP contribution in [0.2, 0.25) is 5.02 Å². The van der Waals surface area contributed by atoms with Crippen molar-refractivity contribution in [1.82, 2.24) is 15.2 Å². The van der Waals surface area contributed by atoms with Crippen LogP contribution >= 0.6 is 23.4 Å². The molecule has 122 valence electrons. The maximum Gasteiger partial charge on any atom is 0.322 e. The van der Waals surface area contributed by atoms with E-state index in [2.05, 4.69) is 20.5 Å². The van der Waals surface area contributed by atoms with Gasteiger partial charge in [-0.2, -0.15) is 0 Å². The number of amides is 1. The van der Waals surface area contributed by atoms with E-state index >= 15 is 0 Å². The monoisotopic (exact) mass is 360 g/mol. The van der Waals surface area contributed by atoms with Gasteiger partial charge >= 0.3 is 6.01 Å². The first kappa shape index (κ1) is 16.5. The van der Waals surface area contributed by atoms with Crippen molar-refractivity contribution in [1.29, 1.82) is 0 Å². The van der Waals surface area contributed by atoms with Gasteiger partial charge in [-0.1, -0.05) is 22.8 Å². The highest BCUT2D eigenvalue weighted by Crippen LogP contribution is 2.21. The van der Waals surface area contributed by atoms with Crippen molar-refractivity contribution in [2.24, 2.45) is 0 Å². The number of pyridine rings is 1. The zero-order valence-electron chi connectivity index (χ0n) is 12.5. The molecule has 1 aromatic carbocycles. The molecule has 0 aliphatic heterocycles. The zero-order valence-corrected chi connectivity index (χ0v) is 14.0. The van der Waals surface area contributed by atoms with Crippen LogP contribution in [0.4, 0.5) is 6.01 Å². The van der Waals surface area contributed by atoms with E-state index in [9.17, 15) is 4.79 Å². The van der Waals surface area contributed by atoms with Gasteiger partial charge in [0.05, 0.1) is 0 Å². The summed E-state index contributed by atoms with van der Waals surface area (Å²) in [5.41, 5.74) is 0.559. The Morgan fingerprint density at radius 3 is 2.75 bits per heavy atom. The Morgan fingerprint density at radius 2 is 2.00 bits per heavy atom. The summed E-state index contributed by atoms with van der Waals surface area (Å²) in [4.78, 5) is 17.1. The number of nitrogens with one attached hydrogen (secondary N) is 1. The number of nitrogens with zero attached hydrogens (tertiary/aromatic N) is 3. The number of hydrogen-bond donors (Lipinski definition) is 1. The Kier molecular flexibility index (Phi) is 5.45. The van der Waals surface area contributed by atoms with Crippen LogP contribution in [0, 0.1) is 0 Å².